The normalized spacial score (nSPS) is 10.5. The standard InChI is InChI=1S/C12H11NO4S/c1-7(14)13-11(16)10(18-12(13)17)6-8-2-4-9(15)5-3-8/h2-5,15-16H,6H2,1H3. The molecule has 0 radical (unpaired) electrons. The second-order valence-corrected chi connectivity index (χ2v) is 4.86. The summed E-state index contributed by atoms with van der Waals surface area (Å²) in [6.07, 6.45) is 0.340. The highest BCUT2D eigenvalue weighted by Crippen LogP contribution is 2.23. The Labute approximate surface area is 107 Å². The Kier molecular flexibility index (Phi) is 3.20. The number of hydrogen-bond acceptors (Lipinski definition) is 5. The Morgan fingerprint density at radius 3 is 2.39 bits per heavy atom. The van der Waals surface area contributed by atoms with Crippen molar-refractivity contribution in [3.05, 3.63) is 44.4 Å². The first-order valence-electron chi connectivity index (χ1n) is 5.21. The van der Waals surface area contributed by atoms with Gasteiger partial charge >= 0.3 is 4.87 Å². The zero-order chi connectivity index (χ0) is 13.3. The van der Waals surface area contributed by atoms with E-state index in [2.05, 4.69) is 0 Å². The van der Waals surface area contributed by atoms with Crippen LogP contribution in [0, 0.1) is 0 Å². The average molecular weight is 265 g/mol. The molecule has 94 valence electrons. The third-order valence-corrected chi connectivity index (χ3v) is 3.40. The fourth-order valence-corrected chi connectivity index (χ4v) is 2.54. The largest absolute Gasteiger partial charge is 0.508 e. The number of nitrogens with zero attached hydrogens (tertiary/aromatic N) is 1. The molecule has 2 aromatic rings. The van der Waals surface area contributed by atoms with Gasteiger partial charge < -0.3 is 10.2 Å². The summed E-state index contributed by atoms with van der Waals surface area (Å²) >= 11 is 0.842. The molecular weight excluding hydrogens is 254 g/mol. The number of carbonyl (C=O) groups is 1. The van der Waals surface area contributed by atoms with Crippen molar-refractivity contribution in [3.63, 3.8) is 0 Å². The van der Waals surface area contributed by atoms with E-state index in [0.717, 1.165) is 21.5 Å². The zero-order valence-electron chi connectivity index (χ0n) is 9.58. The van der Waals surface area contributed by atoms with Gasteiger partial charge in [0.1, 0.15) is 5.75 Å². The van der Waals surface area contributed by atoms with E-state index in [1.807, 2.05) is 0 Å². The second kappa shape index (κ2) is 4.66. The lowest BCUT2D eigenvalue weighted by Gasteiger charge is -2.01. The Morgan fingerprint density at radius 2 is 1.89 bits per heavy atom. The number of thiazole rings is 1. The van der Waals surface area contributed by atoms with E-state index in [9.17, 15) is 14.7 Å². The molecule has 0 fully saturated rings. The lowest BCUT2D eigenvalue weighted by atomic mass is 10.1. The maximum Gasteiger partial charge on any atom is 0.317 e. The van der Waals surface area contributed by atoms with Crippen LogP contribution in [0.25, 0.3) is 0 Å². The molecule has 0 aliphatic rings. The van der Waals surface area contributed by atoms with Crippen molar-refractivity contribution in [1.29, 1.82) is 0 Å². The number of aromatic hydroxyl groups is 2. The molecule has 0 amide bonds. The van der Waals surface area contributed by atoms with E-state index >= 15 is 0 Å². The summed E-state index contributed by atoms with van der Waals surface area (Å²) in [6.45, 7) is 1.22. The first-order valence-corrected chi connectivity index (χ1v) is 6.03. The van der Waals surface area contributed by atoms with Crippen molar-refractivity contribution < 1.29 is 15.0 Å². The monoisotopic (exact) mass is 265 g/mol. The molecule has 0 atom stereocenters. The molecule has 1 aromatic carbocycles. The second-order valence-electron chi connectivity index (χ2n) is 3.81. The molecular formula is C12H11NO4S. The fraction of sp³-hybridized carbons (Fsp3) is 0.167. The summed E-state index contributed by atoms with van der Waals surface area (Å²) in [5.74, 6) is -0.659. The number of benzene rings is 1. The highest BCUT2D eigenvalue weighted by Gasteiger charge is 2.16. The van der Waals surface area contributed by atoms with Gasteiger partial charge in [0.25, 0.3) is 0 Å². The van der Waals surface area contributed by atoms with Gasteiger partial charge in [-0.25, -0.2) is 4.57 Å². The maximum atomic E-state index is 11.5. The summed E-state index contributed by atoms with van der Waals surface area (Å²) < 4.78 is 0.750. The molecule has 0 saturated heterocycles. The molecule has 0 saturated carbocycles. The van der Waals surface area contributed by atoms with Gasteiger partial charge in [0.2, 0.25) is 11.8 Å². The molecule has 2 rings (SSSR count). The van der Waals surface area contributed by atoms with Crippen LogP contribution in [0.4, 0.5) is 0 Å². The molecule has 0 aliphatic heterocycles. The summed E-state index contributed by atoms with van der Waals surface area (Å²) in [7, 11) is 0. The minimum Gasteiger partial charge on any atom is -0.508 e. The van der Waals surface area contributed by atoms with E-state index in [4.69, 9.17) is 5.11 Å². The van der Waals surface area contributed by atoms with E-state index in [0.29, 0.717) is 11.3 Å². The predicted molar refractivity (Wildman–Crippen MR) is 67.5 cm³/mol. The molecule has 0 aliphatic carbocycles. The molecule has 5 nitrogen and oxygen atoms in total. The van der Waals surface area contributed by atoms with Gasteiger partial charge in [-0.2, -0.15) is 0 Å². The predicted octanol–water partition coefficient (Wildman–Crippen LogP) is 1.57. The van der Waals surface area contributed by atoms with Crippen LogP contribution in [0.15, 0.2) is 29.1 Å². The molecule has 6 heteroatoms. The maximum absolute atomic E-state index is 11.5. The molecule has 0 unspecified atom stereocenters. The van der Waals surface area contributed by atoms with E-state index in [1.165, 1.54) is 19.1 Å². The molecule has 1 aromatic heterocycles. The lowest BCUT2D eigenvalue weighted by molar-refractivity contribution is 0.0924. The van der Waals surface area contributed by atoms with Crippen molar-refractivity contribution in [1.82, 2.24) is 4.57 Å². The van der Waals surface area contributed by atoms with Gasteiger partial charge in [-0.1, -0.05) is 23.5 Å². The van der Waals surface area contributed by atoms with Crippen LogP contribution in [0.2, 0.25) is 0 Å². The summed E-state index contributed by atoms with van der Waals surface area (Å²) in [5.41, 5.74) is 0.833. The zero-order valence-corrected chi connectivity index (χ0v) is 10.4. The van der Waals surface area contributed by atoms with Crippen molar-refractivity contribution >= 4 is 17.2 Å². The lowest BCUT2D eigenvalue weighted by Crippen LogP contribution is -2.17. The summed E-state index contributed by atoms with van der Waals surface area (Å²) in [4.78, 5) is 22.6. The van der Waals surface area contributed by atoms with Gasteiger partial charge in [-0.05, 0) is 17.7 Å². The first kappa shape index (κ1) is 12.4. The fourth-order valence-electron chi connectivity index (χ4n) is 1.60. The molecule has 2 N–H and O–H groups in total. The van der Waals surface area contributed by atoms with E-state index < -0.39 is 10.8 Å². The molecule has 1 heterocycles. The quantitative estimate of drug-likeness (QED) is 0.863. The number of phenols is 1. The third-order valence-electron chi connectivity index (χ3n) is 2.47. The number of rotatable bonds is 2. The van der Waals surface area contributed by atoms with Gasteiger partial charge in [0.15, 0.2) is 0 Å². The Balaban J connectivity index is 2.36. The van der Waals surface area contributed by atoms with Crippen molar-refractivity contribution in [3.8, 4) is 11.6 Å². The smallest absolute Gasteiger partial charge is 0.317 e. The highest BCUT2D eigenvalue weighted by molar-refractivity contribution is 7.09. The first-order chi connectivity index (χ1) is 8.49. The van der Waals surface area contributed by atoms with Crippen LogP contribution >= 0.6 is 11.3 Å². The van der Waals surface area contributed by atoms with Crippen LogP contribution in [-0.2, 0) is 6.42 Å². The molecule has 0 spiro atoms. The van der Waals surface area contributed by atoms with E-state index in [1.54, 1.807) is 12.1 Å². The van der Waals surface area contributed by atoms with Gasteiger partial charge in [-0.3, -0.25) is 9.59 Å². The number of hydrogen-bond donors (Lipinski definition) is 2. The van der Waals surface area contributed by atoms with Crippen LogP contribution in [0.3, 0.4) is 0 Å². The summed E-state index contributed by atoms with van der Waals surface area (Å²) in [6, 6.07) is 6.43. The average Bonchev–Trinajstić information content (AvgIpc) is 2.57. The molecule has 18 heavy (non-hydrogen) atoms. The van der Waals surface area contributed by atoms with Crippen molar-refractivity contribution in [2.75, 3.05) is 0 Å². The number of carbonyl (C=O) groups excluding carboxylic acids is 1. The third kappa shape index (κ3) is 2.28. The van der Waals surface area contributed by atoms with Crippen LogP contribution in [-0.4, -0.2) is 20.7 Å². The Bertz CT molecular complexity index is 639. The van der Waals surface area contributed by atoms with Crippen molar-refractivity contribution in [2.24, 2.45) is 0 Å². The van der Waals surface area contributed by atoms with Crippen LogP contribution in [0.1, 0.15) is 22.2 Å². The van der Waals surface area contributed by atoms with Crippen molar-refractivity contribution in [2.45, 2.75) is 13.3 Å². The van der Waals surface area contributed by atoms with Gasteiger partial charge in [-0.15, -0.1) is 0 Å². The SMILES string of the molecule is CC(=O)n1c(O)c(Cc2ccc(O)cc2)sc1=O. The highest BCUT2D eigenvalue weighted by atomic mass is 32.1. The topological polar surface area (TPSA) is 79.5 Å². The minimum atomic E-state index is -0.509. The van der Waals surface area contributed by atoms with Gasteiger partial charge in [0, 0.05) is 13.3 Å². The summed E-state index contributed by atoms with van der Waals surface area (Å²) in [5, 5.41) is 19.0. The number of phenolic OH excluding ortho intramolecular Hbond substituents is 1. The Hall–Kier alpha value is -2.08. The molecule has 0 bridgehead atoms. The van der Waals surface area contributed by atoms with Crippen LogP contribution in [0.5, 0.6) is 11.6 Å². The number of aromatic nitrogens is 1. The van der Waals surface area contributed by atoms with Gasteiger partial charge in [0.05, 0.1) is 4.88 Å². The van der Waals surface area contributed by atoms with Crippen LogP contribution < -0.4 is 4.87 Å². The Morgan fingerprint density at radius 1 is 1.28 bits per heavy atom. The van der Waals surface area contributed by atoms with E-state index in [-0.39, 0.29) is 11.6 Å². The minimum absolute atomic E-state index is 0.150.